The third-order valence-corrected chi connectivity index (χ3v) is 4.15. The molecule has 21 heavy (non-hydrogen) atoms. The molecule has 0 fully saturated rings. The topological polar surface area (TPSA) is 46.9 Å². The lowest BCUT2D eigenvalue weighted by atomic mass is 9.94. The van der Waals surface area contributed by atoms with Crippen molar-refractivity contribution < 1.29 is 4.79 Å². The molecule has 0 radical (unpaired) electrons. The first kappa shape index (κ1) is 13.9. The molecular formula is C17H21N3O. The van der Waals surface area contributed by atoms with E-state index >= 15 is 0 Å². The normalized spacial score (nSPS) is 18.1. The summed E-state index contributed by atoms with van der Waals surface area (Å²) in [6.45, 7) is 2.57. The molecule has 1 amide bonds. The van der Waals surface area contributed by atoms with Gasteiger partial charge in [-0.15, -0.1) is 0 Å². The fourth-order valence-electron chi connectivity index (χ4n) is 2.93. The quantitative estimate of drug-likeness (QED) is 0.880. The number of aromatic nitrogens is 2. The van der Waals surface area contributed by atoms with E-state index in [1.165, 1.54) is 5.56 Å². The molecule has 0 unspecified atom stereocenters. The van der Waals surface area contributed by atoms with Crippen molar-refractivity contribution in [3.05, 3.63) is 41.6 Å². The molecule has 1 atom stereocenters. The molecule has 0 aliphatic heterocycles. The minimum Gasteiger partial charge on any atom is -0.350 e. The third kappa shape index (κ3) is 2.84. The van der Waals surface area contributed by atoms with Gasteiger partial charge in [-0.2, -0.15) is 5.10 Å². The Morgan fingerprint density at radius 1 is 1.43 bits per heavy atom. The summed E-state index contributed by atoms with van der Waals surface area (Å²) < 4.78 is 1.87. The standard InChI is InChI=1S/C17H21N3O/c1-12-8-9-16-14(10-12)15(19-20(16)2)11-18-17(21)13-6-4-3-5-7-13/h3-4,8-10,13H,5-7,11H2,1-2H3,(H,18,21)/t13-/m1/s1. The summed E-state index contributed by atoms with van der Waals surface area (Å²) in [4.78, 5) is 12.2. The first-order valence-electron chi connectivity index (χ1n) is 7.50. The molecular weight excluding hydrogens is 262 g/mol. The lowest BCUT2D eigenvalue weighted by Crippen LogP contribution is -2.30. The van der Waals surface area contributed by atoms with E-state index < -0.39 is 0 Å². The molecule has 1 aliphatic rings. The molecule has 1 N–H and O–H groups in total. The van der Waals surface area contributed by atoms with Crippen LogP contribution in [0.1, 0.15) is 30.5 Å². The summed E-state index contributed by atoms with van der Waals surface area (Å²) in [5.74, 6) is 0.262. The SMILES string of the molecule is Cc1ccc2c(c1)c(CNC(=O)[C@@H]1CC=CCC1)nn2C. The highest BCUT2D eigenvalue weighted by Crippen LogP contribution is 2.21. The summed E-state index contributed by atoms with van der Waals surface area (Å²) in [6, 6.07) is 6.29. The fraction of sp³-hybridized carbons (Fsp3) is 0.412. The Hall–Kier alpha value is -2.10. The second-order valence-electron chi connectivity index (χ2n) is 5.79. The van der Waals surface area contributed by atoms with Crippen LogP contribution in [0.5, 0.6) is 0 Å². The predicted octanol–water partition coefficient (Wildman–Crippen LogP) is 2.85. The summed E-state index contributed by atoms with van der Waals surface area (Å²) in [7, 11) is 1.94. The number of hydrogen-bond donors (Lipinski definition) is 1. The zero-order valence-electron chi connectivity index (χ0n) is 12.6. The number of carbonyl (C=O) groups is 1. The Bertz CT molecular complexity index is 699. The van der Waals surface area contributed by atoms with Crippen LogP contribution in [-0.4, -0.2) is 15.7 Å². The second-order valence-corrected chi connectivity index (χ2v) is 5.79. The molecule has 110 valence electrons. The summed E-state index contributed by atoms with van der Waals surface area (Å²) in [6.07, 6.45) is 7.06. The molecule has 1 aromatic carbocycles. The monoisotopic (exact) mass is 283 g/mol. The number of benzene rings is 1. The molecule has 1 heterocycles. The van der Waals surface area contributed by atoms with Gasteiger partial charge in [-0.25, -0.2) is 0 Å². The minimum atomic E-state index is 0.117. The molecule has 2 aromatic rings. The average Bonchev–Trinajstić information content (AvgIpc) is 2.81. The highest BCUT2D eigenvalue weighted by molar-refractivity contribution is 5.84. The van der Waals surface area contributed by atoms with Crippen LogP contribution in [0.4, 0.5) is 0 Å². The van der Waals surface area contributed by atoms with Crippen LogP contribution >= 0.6 is 0 Å². The van der Waals surface area contributed by atoms with Gasteiger partial charge in [0.05, 0.1) is 17.8 Å². The Morgan fingerprint density at radius 2 is 2.29 bits per heavy atom. The summed E-state index contributed by atoms with van der Waals surface area (Å²) in [5, 5.41) is 8.71. The van der Waals surface area contributed by atoms with Crippen LogP contribution in [-0.2, 0) is 18.4 Å². The number of hydrogen-bond acceptors (Lipinski definition) is 2. The number of aryl methyl sites for hydroxylation is 2. The molecule has 3 rings (SSSR count). The summed E-state index contributed by atoms with van der Waals surface area (Å²) in [5.41, 5.74) is 3.25. The van der Waals surface area contributed by atoms with Crippen molar-refractivity contribution in [3.8, 4) is 0 Å². The Labute approximate surface area is 124 Å². The maximum atomic E-state index is 12.2. The fourth-order valence-corrected chi connectivity index (χ4v) is 2.93. The zero-order valence-corrected chi connectivity index (χ0v) is 12.6. The molecule has 0 saturated carbocycles. The molecule has 1 aromatic heterocycles. The van der Waals surface area contributed by atoms with Gasteiger partial charge in [-0.1, -0.05) is 23.8 Å². The number of fused-ring (bicyclic) bond motifs is 1. The number of rotatable bonds is 3. The Balaban J connectivity index is 1.74. The van der Waals surface area contributed by atoms with E-state index in [2.05, 4.69) is 47.7 Å². The van der Waals surface area contributed by atoms with Gasteiger partial charge >= 0.3 is 0 Å². The molecule has 0 saturated heterocycles. The van der Waals surface area contributed by atoms with E-state index in [1.54, 1.807) is 0 Å². The lowest BCUT2D eigenvalue weighted by Gasteiger charge is -2.16. The first-order valence-corrected chi connectivity index (χ1v) is 7.50. The van der Waals surface area contributed by atoms with Crippen molar-refractivity contribution in [1.29, 1.82) is 0 Å². The van der Waals surface area contributed by atoms with E-state index in [0.29, 0.717) is 6.54 Å². The smallest absolute Gasteiger partial charge is 0.223 e. The van der Waals surface area contributed by atoms with Gasteiger partial charge in [0.1, 0.15) is 0 Å². The molecule has 1 aliphatic carbocycles. The Morgan fingerprint density at radius 3 is 3.05 bits per heavy atom. The molecule has 0 bridgehead atoms. The number of nitrogens with zero attached hydrogens (tertiary/aromatic N) is 2. The van der Waals surface area contributed by atoms with Crippen LogP contribution in [0.25, 0.3) is 10.9 Å². The maximum Gasteiger partial charge on any atom is 0.223 e. The van der Waals surface area contributed by atoms with Gasteiger partial charge in [0.25, 0.3) is 0 Å². The van der Waals surface area contributed by atoms with Crippen molar-refractivity contribution >= 4 is 16.8 Å². The third-order valence-electron chi connectivity index (χ3n) is 4.15. The van der Waals surface area contributed by atoms with E-state index in [9.17, 15) is 4.79 Å². The largest absolute Gasteiger partial charge is 0.350 e. The van der Waals surface area contributed by atoms with Gasteiger partial charge in [0.2, 0.25) is 5.91 Å². The highest BCUT2D eigenvalue weighted by atomic mass is 16.1. The van der Waals surface area contributed by atoms with Crippen LogP contribution in [0, 0.1) is 12.8 Å². The van der Waals surface area contributed by atoms with Crippen molar-refractivity contribution in [2.45, 2.75) is 32.7 Å². The van der Waals surface area contributed by atoms with Crippen LogP contribution < -0.4 is 5.32 Å². The van der Waals surface area contributed by atoms with Gasteiger partial charge in [0, 0.05) is 18.4 Å². The average molecular weight is 283 g/mol. The van der Waals surface area contributed by atoms with Crippen LogP contribution in [0.15, 0.2) is 30.4 Å². The van der Waals surface area contributed by atoms with Crippen molar-refractivity contribution in [1.82, 2.24) is 15.1 Å². The number of allylic oxidation sites excluding steroid dienone is 2. The van der Waals surface area contributed by atoms with Crippen molar-refractivity contribution in [2.75, 3.05) is 0 Å². The minimum absolute atomic E-state index is 0.117. The van der Waals surface area contributed by atoms with Gasteiger partial charge in [-0.3, -0.25) is 9.48 Å². The number of carbonyl (C=O) groups excluding carboxylic acids is 1. The van der Waals surface area contributed by atoms with Gasteiger partial charge in [0.15, 0.2) is 0 Å². The van der Waals surface area contributed by atoms with Crippen LogP contribution in [0.2, 0.25) is 0 Å². The number of nitrogens with one attached hydrogen (secondary N) is 1. The van der Waals surface area contributed by atoms with E-state index in [4.69, 9.17) is 0 Å². The Kier molecular flexibility index (Phi) is 3.78. The van der Waals surface area contributed by atoms with E-state index in [1.807, 2.05) is 11.7 Å². The van der Waals surface area contributed by atoms with Gasteiger partial charge < -0.3 is 5.32 Å². The van der Waals surface area contributed by atoms with Crippen molar-refractivity contribution in [3.63, 3.8) is 0 Å². The van der Waals surface area contributed by atoms with Crippen molar-refractivity contribution in [2.24, 2.45) is 13.0 Å². The molecule has 4 heteroatoms. The first-order chi connectivity index (χ1) is 10.1. The van der Waals surface area contributed by atoms with Gasteiger partial charge in [-0.05, 0) is 38.3 Å². The maximum absolute atomic E-state index is 12.2. The number of amides is 1. The summed E-state index contributed by atoms with van der Waals surface area (Å²) >= 11 is 0. The predicted molar refractivity (Wildman–Crippen MR) is 83.8 cm³/mol. The highest BCUT2D eigenvalue weighted by Gasteiger charge is 2.19. The molecule has 4 nitrogen and oxygen atoms in total. The zero-order chi connectivity index (χ0) is 14.8. The second kappa shape index (κ2) is 5.72. The molecule has 0 spiro atoms. The lowest BCUT2D eigenvalue weighted by molar-refractivity contribution is -0.125. The van der Waals surface area contributed by atoms with E-state index in [-0.39, 0.29) is 11.8 Å². The van der Waals surface area contributed by atoms with E-state index in [0.717, 1.165) is 35.9 Å². The van der Waals surface area contributed by atoms with Crippen LogP contribution in [0.3, 0.4) is 0 Å².